The largest absolute Gasteiger partial charge is 0.451 e. The van der Waals surface area contributed by atoms with Crippen molar-refractivity contribution < 1.29 is 14.3 Å². The molecule has 2 aromatic carbocycles. The summed E-state index contributed by atoms with van der Waals surface area (Å²) < 4.78 is 5.14. The van der Waals surface area contributed by atoms with Crippen molar-refractivity contribution in [2.45, 2.75) is 19.4 Å². The molecule has 0 saturated heterocycles. The van der Waals surface area contributed by atoms with Crippen LogP contribution in [-0.4, -0.2) is 38.6 Å². The van der Waals surface area contributed by atoms with Gasteiger partial charge in [0.25, 0.3) is 5.91 Å². The van der Waals surface area contributed by atoms with Crippen LogP contribution >= 0.6 is 0 Å². The number of para-hydroxylation sites is 1. The second kappa shape index (κ2) is 8.61. The molecule has 1 aliphatic heterocycles. The Bertz CT molecular complexity index is 987. The van der Waals surface area contributed by atoms with E-state index in [-0.39, 0.29) is 17.5 Å². The Morgan fingerprint density at radius 2 is 1.90 bits per heavy atom. The smallest absolute Gasteiger partial charge is 0.349 e. The average molecular weight is 389 g/mol. The van der Waals surface area contributed by atoms with Gasteiger partial charge in [0.2, 0.25) is 0 Å². The third-order valence-electron chi connectivity index (χ3n) is 4.86. The maximum Gasteiger partial charge on any atom is 0.349 e. The summed E-state index contributed by atoms with van der Waals surface area (Å²) in [6, 6.07) is 17.0. The van der Waals surface area contributed by atoms with Crippen molar-refractivity contribution in [3.63, 3.8) is 0 Å². The molecule has 2 aromatic rings. The number of amides is 1. The van der Waals surface area contributed by atoms with E-state index in [4.69, 9.17) is 4.74 Å². The zero-order valence-corrected chi connectivity index (χ0v) is 16.8. The lowest BCUT2D eigenvalue weighted by Gasteiger charge is -2.22. The van der Waals surface area contributed by atoms with Crippen LogP contribution in [0.4, 0.5) is 11.4 Å². The molecular formula is C23H23N3O3. The van der Waals surface area contributed by atoms with E-state index in [1.54, 1.807) is 4.90 Å². The minimum absolute atomic E-state index is 0.000192. The molecule has 1 atom stereocenters. The second-order valence-corrected chi connectivity index (χ2v) is 7.18. The molecule has 0 N–H and O–H groups in total. The molecule has 0 aromatic heterocycles. The maximum atomic E-state index is 12.6. The van der Waals surface area contributed by atoms with Gasteiger partial charge < -0.3 is 14.5 Å². The summed E-state index contributed by atoms with van der Waals surface area (Å²) in [6.45, 7) is 1.55. The van der Waals surface area contributed by atoms with Crippen LogP contribution in [0.1, 0.15) is 18.1 Å². The fraction of sp³-hybridized carbons (Fsp3) is 0.261. The number of anilines is 2. The number of fused-ring (bicyclic) bond motifs is 1. The minimum Gasteiger partial charge on any atom is -0.451 e. The molecule has 0 aliphatic carbocycles. The number of ether oxygens (including phenoxy) is 1. The van der Waals surface area contributed by atoms with Crippen molar-refractivity contribution in [1.82, 2.24) is 0 Å². The molecule has 0 unspecified atom stereocenters. The number of rotatable bonds is 5. The Morgan fingerprint density at radius 1 is 1.21 bits per heavy atom. The molecule has 0 saturated carbocycles. The number of esters is 1. The van der Waals surface area contributed by atoms with E-state index in [1.165, 1.54) is 6.08 Å². The third kappa shape index (κ3) is 4.46. The first-order chi connectivity index (χ1) is 13.9. The van der Waals surface area contributed by atoms with Gasteiger partial charge in [-0.3, -0.25) is 4.79 Å². The van der Waals surface area contributed by atoms with Crippen molar-refractivity contribution in [3.05, 3.63) is 65.2 Å². The molecule has 6 nitrogen and oxygen atoms in total. The van der Waals surface area contributed by atoms with Gasteiger partial charge >= 0.3 is 5.97 Å². The molecule has 6 heteroatoms. The topological polar surface area (TPSA) is 73.6 Å². The molecular weight excluding hydrogens is 366 g/mol. The minimum atomic E-state index is -0.808. The fourth-order valence-corrected chi connectivity index (χ4v) is 3.39. The Hall–Kier alpha value is -3.59. The SMILES string of the molecule is C[C@H]1Cc2ccccc2N1C(=O)COC(=O)/C(C#N)=C/c1ccc(N(C)C)cc1. The highest BCUT2D eigenvalue weighted by Crippen LogP contribution is 2.31. The maximum absolute atomic E-state index is 12.6. The molecule has 3 rings (SSSR count). The first-order valence-corrected chi connectivity index (χ1v) is 9.37. The van der Waals surface area contributed by atoms with Gasteiger partial charge in [-0.1, -0.05) is 30.3 Å². The molecule has 29 heavy (non-hydrogen) atoms. The van der Waals surface area contributed by atoms with E-state index in [1.807, 2.05) is 80.5 Å². The first-order valence-electron chi connectivity index (χ1n) is 9.37. The van der Waals surface area contributed by atoms with E-state index < -0.39 is 12.6 Å². The summed E-state index contributed by atoms with van der Waals surface area (Å²) in [4.78, 5) is 28.5. The summed E-state index contributed by atoms with van der Waals surface area (Å²) in [5, 5.41) is 9.33. The van der Waals surface area contributed by atoms with Gasteiger partial charge in [-0.25, -0.2) is 4.79 Å². The molecule has 1 heterocycles. The predicted molar refractivity (Wildman–Crippen MR) is 112 cm³/mol. The van der Waals surface area contributed by atoms with Crippen molar-refractivity contribution >= 4 is 29.3 Å². The molecule has 0 fully saturated rings. The quantitative estimate of drug-likeness (QED) is 0.446. The molecule has 1 amide bonds. The van der Waals surface area contributed by atoms with Crippen LogP contribution in [0, 0.1) is 11.3 Å². The lowest BCUT2D eigenvalue weighted by atomic mass is 10.1. The van der Waals surface area contributed by atoms with Crippen LogP contribution < -0.4 is 9.80 Å². The van der Waals surface area contributed by atoms with Crippen molar-refractivity contribution in [2.75, 3.05) is 30.5 Å². The van der Waals surface area contributed by atoms with Gasteiger partial charge in [0, 0.05) is 31.5 Å². The normalized spacial score (nSPS) is 15.4. The first kappa shape index (κ1) is 20.2. The van der Waals surface area contributed by atoms with E-state index in [9.17, 15) is 14.9 Å². The lowest BCUT2D eigenvalue weighted by Crippen LogP contribution is -2.38. The number of hydrogen-bond acceptors (Lipinski definition) is 5. The van der Waals surface area contributed by atoms with Crippen molar-refractivity contribution in [3.8, 4) is 6.07 Å². The van der Waals surface area contributed by atoms with Gasteiger partial charge in [-0.15, -0.1) is 0 Å². The summed E-state index contributed by atoms with van der Waals surface area (Å²) in [5.74, 6) is -1.11. The highest BCUT2D eigenvalue weighted by Gasteiger charge is 2.31. The second-order valence-electron chi connectivity index (χ2n) is 7.18. The number of carbonyl (C=O) groups excluding carboxylic acids is 2. The average Bonchev–Trinajstić information content (AvgIpc) is 3.06. The summed E-state index contributed by atoms with van der Waals surface area (Å²) >= 11 is 0. The number of carbonyl (C=O) groups is 2. The number of benzene rings is 2. The predicted octanol–water partition coefficient (Wildman–Crippen LogP) is 3.18. The van der Waals surface area contributed by atoms with Gasteiger partial charge in [-0.05, 0) is 48.7 Å². The van der Waals surface area contributed by atoms with Crippen LogP contribution in [-0.2, 0) is 20.7 Å². The summed E-state index contributed by atoms with van der Waals surface area (Å²) in [5.41, 5.74) is 3.51. The summed E-state index contributed by atoms with van der Waals surface area (Å²) in [7, 11) is 3.86. The van der Waals surface area contributed by atoms with Crippen LogP contribution in [0.2, 0.25) is 0 Å². The number of hydrogen-bond donors (Lipinski definition) is 0. The number of nitrogens with zero attached hydrogens (tertiary/aromatic N) is 3. The fourth-order valence-electron chi connectivity index (χ4n) is 3.39. The van der Waals surface area contributed by atoms with Gasteiger partial charge in [0.05, 0.1) is 0 Å². The Morgan fingerprint density at radius 3 is 2.55 bits per heavy atom. The van der Waals surface area contributed by atoms with E-state index in [2.05, 4.69) is 0 Å². The molecule has 148 valence electrons. The van der Waals surface area contributed by atoms with Crippen molar-refractivity contribution in [2.24, 2.45) is 0 Å². The van der Waals surface area contributed by atoms with Crippen LogP contribution in [0.3, 0.4) is 0 Å². The van der Waals surface area contributed by atoms with Gasteiger partial charge in [0.1, 0.15) is 11.6 Å². The molecule has 1 aliphatic rings. The third-order valence-corrected chi connectivity index (χ3v) is 4.86. The zero-order valence-electron chi connectivity index (χ0n) is 16.8. The zero-order chi connectivity index (χ0) is 21.0. The molecule has 0 radical (unpaired) electrons. The standard InChI is InChI=1S/C23H23N3O3/c1-16-12-18-6-4-5-7-21(18)26(16)22(27)15-29-23(28)19(14-24)13-17-8-10-20(11-9-17)25(2)3/h4-11,13,16H,12,15H2,1-3H3/b19-13+/t16-/m0/s1. The monoisotopic (exact) mass is 389 g/mol. The Kier molecular flexibility index (Phi) is 5.99. The van der Waals surface area contributed by atoms with Crippen LogP contribution in [0.25, 0.3) is 6.08 Å². The van der Waals surface area contributed by atoms with Gasteiger partial charge in [0.15, 0.2) is 6.61 Å². The highest BCUT2D eigenvalue weighted by atomic mass is 16.5. The molecule has 0 spiro atoms. The Labute approximate surface area is 170 Å². The summed E-state index contributed by atoms with van der Waals surface area (Å²) in [6.07, 6.45) is 2.22. The van der Waals surface area contributed by atoms with Gasteiger partial charge in [-0.2, -0.15) is 5.26 Å². The highest BCUT2D eigenvalue weighted by molar-refractivity contribution is 6.01. The molecule has 0 bridgehead atoms. The van der Waals surface area contributed by atoms with Crippen molar-refractivity contribution in [1.29, 1.82) is 5.26 Å². The van der Waals surface area contributed by atoms with Crippen LogP contribution in [0.15, 0.2) is 54.1 Å². The Balaban J connectivity index is 1.66. The number of nitriles is 1. The lowest BCUT2D eigenvalue weighted by molar-refractivity contribution is -0.143. The van der Waals surface area contributed by atoms with E-state index in [0.29, 0.717) is 5.56 Å². The van der Waals surface area contributed by atoms with Crippen LogP contribution in [0.5, 0.6) is 0 Å². The van der Waals surface area contributed by atoms with E-state index in [0.717, 1.165) is 23.4 Å². The van der Waals surface area contributed by atoms with E-state index >= 15 is 0 Å².